The summed E-state index contributed by atoms with van der Waals surface area (Å²) in [6.07, 6.45) is 2.89. The lowest BCUT2D eigenvalue weighted by molar-refractivity contribution is 0.102. The highest BCUT2D eigenvalue weighted by molar-refractivity contribution is 7.89. The van der Waals surface area contributed by atoms with Crippen LogP contribution in [0.4, 0.5) is 5.69 Å². The van der Waals surface area contributed by atoms with Gasteiger partial charge in [0.2, 0.25) is 10.0 Å². The van der Waals surface area contributed by atoms with Crippen molar-refractivity contribution in [1.29, 1.82) is 0 Å². The molecule has 5 nitrogen and oxygen atoms in total. The highest BCUT2D eigenvalue weighted by Crippen LogP contribution is 2.23. The normalized spacial score (nSPS) is 15.5. The average molecular weight is 387 g/mol. The molecule has 1 heterocycles. The highest BCUT2D eigenvalue weighted by Gasteiger charge is 2.25. The maximum absolute atomic E-state index is 12.7. The van der Waals surface area contributed by atoms with E-state index in [1.807, 2.05) is 32.9 Å². The van der Waals surface area contributed by atoms with Crippen LogP contribution in [0.1, 0.15) is 46.3 Å². The van der Waals surface area contributed by atoms with Crippen LogP contribution in [-0.2, 0) is 10.0 Å². The standard InChI is InChI=1S/C21H26N2O3S/c1-15-13-17(3)20(14-16(15)2)21(24)22-18-7-9-19(10-8-18)27(25,26)23-11-5-4-6-12-23/h7-10,13-14H,4-6,11-12H2,1-3H3,(H,22,24). The van der Waals surface area contributed by atoms with Crippen molar-refractivity contribution in [3.8, 4) is 0 Å². The topological polar surface area (TPSA) is 66.5 Å². The van der Waals surface area contributed by atoms with Gasteiger partial charge >= 0.3 is 0 Å². The average Bonchev–Trinajstić information content (AvgIpc) is 2.65. The Labute approximate surface area is 161 Å². The monoisotopic (exact) mass is 386 g/mol. The number of hydrogen-bond acceptors (Lipinski definition) is 3. The molecular formula is C21H26N2O3S. The summed E-state index contributed by atoms with van der Waals surface area (Å²) in [6.45, 7) is 7.06. The Kier molecular flexibility index (Phi) is 5.67. The molecule has 2 aromatic rings. The zero-order valence-corrected chi connectivity index (χ0v) is 16.9. The van der Waals surface area contributed by atoms with Crippen molar-refractivity contribution in [2.24, 2.45) is 0 Å². The van der Waals surface area contributed by atoms with Crippen LogP contribution in [0, 0.1) is 20.8 Å². The molecule has 0 unspecified atom stereocenters. The maximum Gasteiger partial charge on any atom is 0.255 e. The van der Waals surface area contributed by atoms with Crippen LogP contribution in [0.15, 0.2) is 41.3 Å². The summed E-state index contributed by atoms with van der Waals surface area (Å²) in [5, 5.41) is 2.86. The Bertz CT molecular complexity index is 944. The number of rotatable bonds is 4. The quantitative estimate of drug-likeness (QED) is 0.862. The first kappa shape index (κ1) is 19.6. The van der Waals surface area contributed by atoms with E-state index in [1.54, 1.807) is 28.6 Å². The van der Waals surface area contributed by atoms with Crippen molar-refractivity contribution in [1.82, 2.24) is 4.31 Å². The predicted molar refractivity (Wildman–Crippen MR) is 108 cm³/mol. The van der Waals surface area contributed by atoms with Gasteiger partial charge in [0.25, 0.3) is 5.91 Å². The van der Waals surface area contributed by atoms with Gasteiger partial charge in [-0.15, -0.1) is 0 Å². The van der Waals surface area contributed by atoms with Crippen LogP contribution in [0.3, 0.4) is 0 Å². The first-order valence-electron chi connectivity index (χ1n) is 9.28. The van der Waals surface area contributed by atoms with E-state index in [-0.39, 0.29) is 10.8 Å². The van der Waals surface area contributed by atoms with Crippen molar-refractivity contribution >= 4 is 21.6 Å². The molecule has 0 spiro atoms. The zero-order valence-electron chi connectivity index (χ0n) is 16.1. The lowest BCUT2D eigenvalue weighted by Gasteiger charge is -2.25. The molecule has 2 aromatic carbocycles. The summed E-state index contributed by atoms with van der Waals surface area (Å²) < 4.78 is 26.9. The Morgan fingerprint density at radius 2 is 1.48 bits per heavy atom. The van der Waals surface area contributed by atoms with Gasteiger partial charge in [0.15, 0.2) is 0 Å². The van der Waals surface area contributed by atoms with Gasteiger partial charge in [-0.1, -0.05) is 12.5 Å². The highest BCUT2D eigenvalue weighted by atomic mass is 32.2. The van der Waals surface area contributed by atoms with Gasteiger partial charge in [-0.3, -0.25) is 4.79 Å². The third-order valence-electron chi connectivity index (χ3n) is 5.15. The van der Waals surface area contributed by atoms with Crippen molar-refractivity contribution in [3.63, 3.8) is 0 Å². The van der Waals surface area contributed by atoms with Crippen LogP contribution in [-0.4, -0.2) is 31.7 Å². The van der Waals surface area contributed by atoms with Crippen molar-refractivity contribution in [3.05, 3.63) is 58.7 Å². The number of anilines is 1. The largest absolute Gasteiger partial charge is 0.322 e. The first-order chi connectivity index (χ1) is 12.8. The fourth-order valence-electron chi connectivity index (χ4n) is 3.37. The molecular weight excluding hydrogens is 360 g/mol. The molecule has 1 saturated heterocycles. The molecule has 3 rings (SSSR count). The molecule has 0 radical (unpaired) electrons. The summed E-state index contributed by atoms with van der Waals surface area (Å²) in [5.41, 5.74) is 4.34. The molecule has 0 bridgehead atoms. The Hall–Kier alpha value is -2.18. The number of nitrogens with one attached hydrogen (secondary N) is 1. The van der Waals surface area contributed by atoms with Crippen molar-refractivity contribution < 1.29 is 13.2 Å². The van der Waals surface area contributed by atoms with Crippen molar-refractivity contribution in [2.75, 3.05) is 18.4 Å². The second-order valence-corrected chi connectivity index (χ2v) is 9.13. The van der Waals surface area contributed by atoms with E-state index in [9.17, 15) is 13.2 Å². The number of nitrogens with zero attached hydrogens (tertiary/aromatic N) is 1. The predicted octanol–water partition coefficient (Wildman–Crippen LogP) is 4.04. The van der Waals surface area contributed by atoms with E-state index in [0.717, 1.165) is 36.0 Å². The summed E-state index contributed by atoms with van der Waals surface area (Å²) in [7, 11) is -3.46. The lowest BCUT2D eigenvalue weighted by Crippen LogP contribution is -2.35. The summed E-state index contributed by atoms with van der Waals surface area (Å²) in [6, 6.07) is 10.3. The van der Waals surface area contributed by atoms with Gasteiger partial charge in [0.05, 0.1) is 4.90 Å². The van der Waals surface area contributed by atoms with Gasteiger partial charge in [-0.05, 0) is 80.6 Å². The third-order valence-corrected chi connectivity index (χ3v) is 7.06. The molecule has 0 aromatic heterocycles. The fraction of sp³-hybridized carbons (Fsp3) is 0.381. The minimum absolute atomic E-state index is 0.192. The van der Waals surface area contributed by atoms with Crippen LogP contribution >= 0.6 is 0 Å². The number of piperidine rings is 1. The molecule has 6 heteroatoms. The number of sulfonamides is 1. The van der Waals surface area contributed by atoms with Gasteiger partial charge in [0, 0.05) is 24.3 Å². The number of carbonyl (C=O) groups excluding carboxylic acids is 1. The first-order valence-corrected chi connectivity index (χ1v) is 10.7. The second-order valence-electron chi connectivity index (χ2n) is 7.19. The molecule has 1 aliphatic heterocycles. The molecule has 0 aliphatic carbocycles. The second kappa shape index (κ2) is 7.82. The lowest BCUT2D eigenvalue weighted by atomic mass is 10.0. The molecule has 1 N–H and O–H groups in total. The Morgan fingerprint density at radius 1 is 0.889 bits per heavy atom. The van der Waals surface area contributed by atoms with E-state index in [2.05, 4.69) is 5.32 Å². The Morgan fingerprint density at radius 3 is 2.11 bits per heavy atom. The number of benzene rings is 2. The van der Waals surface area contributed by atoms with Crippen LogP contribution in [0.25, 0.3) is 0 Å². The number of amides is 1. The maximum atomic E-state index is 12.7. The summed E-state index contributed by atoms with van der Waals surface area (Å²) in [4.78, 5) is 12.9. The SMILES string of the molecule is Cc1cc(C)c(C(=O)Nc2ccc(S(=O)(=O)N3CCCCC3)cc2)cc1C. The van der Waals surface area contributed by atoms with Crippen LogP contribution in [0.5, 0.6) is 0 Å². The fourth-order valence-corrected chi connectivity index (χ4v) is 4.89. The van der Waals surface area contributed by atoms with E-state index in [1.165, 1.54) is 0 Å². The molecule has 1 fully saturated rings. The van der Waals surface area contributed by atoms with Gasteiger partial charge in [-0.2, -0.15) is 4.31 Å². The number of aryl methyl sites for hydroxylation is 3. The molecule has 27 heavy (non-hydrogen) atoms. The molecule has 0 atom stereocenters. The van der Waals surface area contributed by atoms with E-state index < -0.39 is 10.0 Å². The van der Waals surface area contributed by atoms with Crippen molar-refractivity contribution in [2.45, 2.75) is 44.9 Å². The van der Waals surface area contributed by atoms with Gasteiger partial charge in [-0.25, -0.2) is 8.42 Å². The zero-order chi connectivity index (χ0) is 19.6. The summed E-state index contributed by atoms with van der Waals surface area (Å²) >= 11 is 0. The van der Waals surface area contributed by atoms with E-state index in [0.29, 0.717) is 24.3 Å². The minimum Gasteiger partial charge on any atom is -0.322 e. The third kappa shape index (κ3) is 4.22. The minimum atomic E-state index is -3.46. The Balaban J connectivity index is 1.76. The van der Waals surface area contributed by atoms with Gasteiger partial charge in [0.1, 0.15) is 0 Å². The smallest absolute Gasteiger partial charge is 0.255 e. The molecule has 144 valence electrons. The van der Waals surface area contributed by atoms with E-state index >= 15 is 0 Å². The molecule has 0 saturated carbocycles. The number of hydrogen-bond donors (Lipinski definition) is 1. The van der Waals surface area contributed by atoms with Gasteiger partial charge < -0.3 is 5.32 Å². The summed E-state index contributed by atoms with van der Waals surface area (Å²) in [5.74, 6) is -0.192. The number of carbonyl (C=O) groups is 1. The van der Waals surface area contributed by atoms with Crippen LogP contribution < -0.4 is 5.32 Å². The molecule has 1 aliphatic rings. The van der Waals surface area contributed by atoms with E-state index in [4.69, 9.17) is 0 Å². The van der Waals surface area contributed by atoms with Crippen LogP contribution in [0.2, 0.25) is 0 Å². The molecule has 1 amide bonds.